The molecule has 0 spiro atoms. The summed E-state index contributed by atoms with van der Waals surface area (Å²) in [6.07, 6.45) is 8.33. The van der Waals surface area contributed by atoms with E-state index in [2.05, 4.69) is 32.5 Å². The van der Waals surface area contributed by atoms with Crippen molar-refractivity contribution < 1.29 is 0 Å². The van der Waals surface area contributed by atoms with Gasteiger partial charge in [0.25, 0.3) is 0 Å². The monoisotopic (exact) mass is 231 g/mol. The Hall–Kier alpha value is -1.62. The molecule has 0 aromatic carbocycles. The minimum absolute atomic E-state index is 0.484. The second-order valence-electron chi connectivity index (χ2n) is 4.66. The van der Waals surface area contributed by atoms with E-state index >= 15 is 0 Å². The second kappa shape index (κ2) is 4.33. The van der Waals surface area contributed by atoms with Crippen molar-refractivity contribution in [1.29, 1.82) is 0 Å². The normalized spacial score (nSPS) is 21.1. The maximum Gasteiger partial charge on any atom is 0.0534 e. The number of H-pyrrole nitrogens is 1. The van der Waals surface area contributed by atoms with Gasteiger partial charge in [-0.25, -0.2) is 0 Å². The van der Waals surface area contributed by atoms with Gasteiger partial charge >= 0.3 is 0 Å². The number of nitrogens with one attached hydrogen (secondary N) is 1. The zero-order chi connectivity index (χ0) is 11.7. The predicted molar refractivity (Wildman–Crippen MR) is 64.2 cm³/mol. The highest BCUT2D eigenvalue weighted by atomic mass is 15.3. The molecule has 0 radical (unpaired) electrons. The van der Waals surface area contributed by atoms with Crippen LogP contribution in [0.15, 0.2) is 24.7 Å². The fourth-order valence-corrected chi connectivity index (χ4v) is 2.61. The summed E-state index contributed by atoms with van der Waals surface area (Å²) in [7, 11) is 1.96. The largest absolute Gasteiger partial charge is 0.290 e. The first kappa shape index (κ1) is 10.5. The SMILES string of the molecule is Cn1cc(CN2CCCC2c2ccn[nH]2)cn1. The number of likely N-dealkylation sites (tertiary alicyclic amines) is 1. The predicted octanol–water partition coefficient (Wildman–Crippen LogP) is 1.48. The lowest BCUT2D eigenvalue weighted by molar-refractivity contribution is 0.244. The highest BCUT2D eigenvalue weighted by molar-refractivity contribution is 5.10. The Bertz CT molecular complexity index is 473. The van der Waals surface area contributed by atoms with E-state index in [1.165, 1.54) is 24.1 Å². The van der Waals surface area contributed by atoms with Crippen LogP contribution in [0.5, 0.6) is 0 Å². The number of hydrogen-bond acceptors (Lipinski definition) is 3. The lowest BCUT2D eigenvalue weighted by atomic mass is 10.1. The summed E-state index contributed by atoms with van der Waals surface area (Å²) < 4.78 is 1.86. The van der Waals surface area contributed by atoms with Gasteiger partial charge in [0.2, 0.25) is 0 Å². The van der Waals surface area contributed by atoms with E-state index in [1.807, 2.05) is 24.1 Å². The second-order valence-corrected chi connectivity index (χ2v) is 4.66. The van der Waals surface area contributed by atoms with Crippen LogP contribution in [0, 0.1) is 0 Å². The molecule has 2 aromatic rings. The van der Waals surface area contributed by atoms with E-state index in [0.717, 1.165) is 13.1 Å². The molecule has 0 aliphatic carbocycles. The fourth-order valence-electron chi connectivity index (χ4n) is 2.61. The first-order valence-corrected chi connectivity index (χ1v) is 6.04. The van der Waals surface area contributed by atoms with Crippen molar-refractivity contribution in [2.45, 2.75) is 25.4 Å². The van der Waals surface area contributed by atoms with Gasteiger partial charge in [0, 0.05) is 31.5 Å². The van der Waals surface area contributed by atoms with Gasteiger partial charge < -0.3 is 0 Å². The highest BCUT2D eigenvalue weighted by Crippen LogP contribution is 2.31. The third-order valence-electron chi connectivity index (χ3n) is 3.39. The number of aryl methyl sites for hydroxylation is 1. The van der Waals surface area contributed by atoms with Crippen LogP contribution in [-0.4, -0.2) is 31.4 Å². The average molecular weight is 231 g/mol. The van der Waals surface area contributed by atoms with Crippen LogP contribution in [0.25, 0.3) is 0 Å². The summed E-state index contributed by atoms with van der Waals surface area (Å²) in [5.74, 6) is 0. The van der Waals surface area contributed by atoms with E-state index in [0.29, 0.717) is 6.04 Å². The zero-order valence-electron chi connectivity index (χ0n) is 10.0. The number of hydrogen-bond donors (Lipinski definition) is 1. The van der Waals surface area contributed by atoms with Crippen LogP contribution in [0.2, 0.25) is 0 Å². The maximum absolute atomic E-state index is 4.22. The topological polar surface area (TPSA) is 49.7 Å². The highest BCUT2D eigenvalue weighted by Gasteiger charge is 2.26. The molecule has 17 heavy (non-hydrogen) atoms. The Labute approximate surface area is 100 Å². The molecule has 1 N–H and O–H groups in total. The number of rotatable bonds is 3. The maximum atomic E-state index is 4.22. The molecule has 1 unspecified atom stereocenters. The minimum Gasteiger partial charge on any atom is -0.290 e. The first-order chi connectivity index (χ1) is 8.33. The van der Waals surface area contributed by atoms with Gasteiger partial charge in [0.15, 0.2) is 0 Å². The van der Waals surface area contributed by atoms with Crippen LogP contribution in [-0.2, 0) is 13.6 Å². The van der Waals surface area contributed by atoms with Crippen molar-refractivity contribution in [2.75, 3.05) is 6.54 Å². The lowest BCUT2D eigenvalue weighted by Crippen LogP contribution is -2.22. The van der Waals surface area contributed by atoms with Crippen LogP contribution in [0.1, 0.15) is 30.1 Å². The van der Waals surface area contributed by atoms with E-state index < -0.39 is 0 Å². The molecule has 0 bridgehead atoms. The number of aromatic nitrogens is 4. The molecule has 1 fully saturated rings. The van der Waals surface area contributed by atoms with E-state index in [1.54, 1.807) is 0 Å². The zero-order valence-corrected chi connectivity index (χ0v) is 10.0. The average Bonchev–Trinajstić information content (AvgIpc) is 3.00. The summed E-state index contributed by atoms with van der Waals surface area (Å²) in [5.41, 5.74) is 2.50. The Morgan fingerprint density at radius 3 is 3.18 bits per heavy atom. The molecular weight excluding hydrogens is 214 g/mol. The van der Waals surface area contributed by atoms with Crippen LogP contribution in [0.3, 0.4) is 0 Å². The molecule has 2 aromatic heterocycles. The molecule has 0 saturated carbocycles. The quantitative estimate of drug-likeness (QED) is 0.870. The van der Waals surface area contributed by atoms with E-state index in [9.17, 15) is 0 Å². The summed E-state index contributed by atoms with van der Waals surface area (Å²) in [6.45, 7) is 2.12. The summed E-state index contributed by atoms with van der Waals surface area (Å²) in [6, 6.07) is 2.56. The molecule has 5 heteroatoms. The fraction of sp³-hybridized carbons (Fsp3) is 0.500. The van der Waals surface area contributed by atoms with E-state index in [4.69, 9.17) is 0 Å². The minimum atomic E-state index is 0.484. The molecule has 1 aliphatic heterocycles. The lowest BCUT2D eigenvalue weighted by Gasteiger charge is -2.22. The van der Waals surface area contributed by atoms with Gasteiger partial charge in [0.05, 0.1) is 17.9 Å². The van der Waals surface area contributed by atoms with Crippen molar-refractivity contribution in [3.63, 3.8) is 0 Å². The van der Waals surface area contributed by atoms with Crippen LogP contribution < -0.4 is 0 Å². The molecule has 1 saturated heterocycles. The third kappa shape index (κ3) is 2.10. The van der Waals surface area contributed by atoms with Gasteiger partial charge in [-0.05, 0) is 25.5 Å². The van der Waals surface area contributed by atoms with Gasteiger partial charge in [-0.1, -0.05) is 0 Å². The summed E-state index contributed by atoms with van der Waals surface area (Å²) in [4.78, 5) is 2.49. The molecule has 3 rings (SSSR count). The van der Waals surface area contributed by atoms with Gasteiger partial charge in [-0.15, -0.1) is 0 Å². The first-order valence-electron chi connectivity index (χ1n) is 6.04. The van der Waals surface area contributed by atoms with Crippen LogP contribution in [0.4, 0.5) is 0 Å². The third-order valence-corrected chi connectivity index (χ3v) is 3.39. The molecule has 0 amide bonds. The Morgan fingerprint density at radius 2 is 2.47 bits per heavy atom. The number of nitrogens with zero attached hydrogens (tertiary/aromatic N) is 4. The number of aromatic amines is 1. The van der Waals surface area contributed by atoms with Crippen molar-refractivity contribution in [3.05, 3.63) is 35.9 Å². The molecule has 1 atom stereocenters. The molecule has 5 nitrogen and oxygen atoms in total. The summed E-state index contributed by atoms with van der Waals surface area (Å²) in [5, 5.41) is 11.3. The smallest absolute Gasteiger partial charge is 0.0534 e. The van der Waals surface area contributed by atoms with Crippen molar-refractivity contribution >= 4 is 0 Å². The van der Waals surface area contributed by atoms with E-state index in [-0.39, 0.29) is 0 Å². The Morgan fingerprint density at radius 1 is 1.53 bits per heavy atom. The Kier molecular flexibility index (Phi) is 2.68. The molecule has 3 heterocycles. The van der Waals surface area contributed by atoms with Gasteiger partial charge in [-0.3, -0.25) is 14.7 Å². The van der Waals surface area contributed by atoms with Crippen molar-refractivity contribution in [2.24, 2.45) is 7.05 Å². The summed E-state index contributed by atoms with van der Waals surface area (Å²) >= 11 is 0. The molecular formula is C12H17N5. The Balaban J connectivity index is 1.74. The van der Waals surface area contributed by atoms with Gasteiger partial charge in [-0.2, -0.15) is 10.2 Å². The molecule has 90 valence electrons. The van der Waals surface area contributed by atoms with Crippen LogP contribution >= 0.6 is 0 Å². The van der Waals surface area contributed by atoms with Crippen molar-refractivity contribution in [3.8, 4) is 0 Å². The molecule has 1 aliphatic rings. The standard InChI is InChI=1S/C12H17N5/c1-16-8-10(7-14-16)9-17-6-2-3-12(17)11-4-5-13-15-11/h4-5,7-8,12H,2-3,6,9H2,1H3,(H,13,15). The van der Waals surface area contributed by atoms with Gasteiger partial charge in [0.1, 0.15) is 0 Å². The van der Waals surface area contributed by atoms with Crippen molar-refractivity contribution in [1.82, 2.24) is 24.9 Å².